The highest BCUT2D eigenvalue weighted by Gasteiger charge is 2.28. The third-order valence-electron chi connectivity index (χ3n) is 3.43. The van der Waals surface area contributed by atoms with E-state index in [1.54, 1.807) is 0 Å². The van der Waals surface area contributed by atoms with Gasteiger partial charge in [-0.2, -0.15) is 0 Å². The van der Waals surface area contributed by atoms with E-state index in [1.165, 1.54) is 25.7 Å². The van der Waals surface area contributed by atoms with Crippen LogP contribution in [0.1, 0.15) is 39.0 Å². The minimum absolute atomic E-state index is 0.0712. The first kappa shape index (κ1) is 9.97. The van der Waals surface area contributed by atoms with Gasteiger partial charge in [-0.3, -0.25) is 4.79 Å². The largest absolute Gasteiger partial charge is 0.353 e. The molecule has 0 aromatic heterocycles. The Morgan fingerprint density at radius 1 is 1.36 bits per heavy atom. The van der Waals surface area contributed by atoms with E-state index in [9.17, 15) is 4.79 Å². The molecule has 2 rings (SSSR count). The van der Waals surface area contributed by atoms with Crippen LogP contribution in [0.4, 0.5) is 0 Å². The Bertz CT molecular complexity index is 211. The van der Waals surface area contributed by atoms with Gasteiger partial charge in [0, 0.05) is 12.6 Å². The minimum atomic E-state index is 0.0712. The van der Waals surface area contributed by atoms with Crippen molar-refractivity contribution in [3.63, 3.8) is 0 Å². The number of amides is 1. The zero-order chi connectivity index (χ0) is 9.97. The molecule has 14 heavy (non-hydrogen) atoms. The molecular formula is C11H20N2O. The van der Waals surface area contributed by atoms with Gasteiger partial charge < -0.3 is 10.6 Å². The first-order chi connectivity index (χ1) is 6.75. The fourth-order valence-corrected chi connectivity index (χ4v) is 2.61. The van der Waals surface area contributed by atoms with Crippen molar-refractivity contribution in [2.75, 3.05) is 6.54 Å². The fourth-order valence-electron chi connectivity index (χ4n) is 2.61. The molecule has 1 saturated carbocycles. The number of nitrogens with one attached hydrogen (secondary N) is 2. The maximum absolute atomic E-state index is 11.6. The van der Waals surface area contributed by atoms with E-state index < -0.39 is 0 Å². The lowest BCUT2D eigenvalue weighted by molar-refractivity contribution is -0.125. The monoisotopic (exact) mass is 196 g/mol. The average Bonchev–Trinajstić information content (AvgIpc) is 2.64. The molecule has 1 aliphatic heterocycles. The number of piperazine rings is 1. The first-order valence-corrected chi connectivity index (χ1v) is 5.79. The zero-order valence-electron chi connectivity index (χ0n) is 8.88. The molecule has 0 aromatic rings. The molecule has 80 valence electrons. The zero-order valence-corrected chi connectivity index (χ0v) is 8.88. The number of hydrogen-bond acceptors (Lipinski definition) is 2. The summed E-state index contributed by atoms with van der Waals surface area (Å²) in [6.07, 6.45) is 6.39. The van der Waals surface area contributed by atoms with Crippen molar-refractivity contribution in [2.45, 2.75) is 51.1 Å². The van der Waals surface area contributed by atoms with Gasteiger partial charge in [-0.25, -0.2) is 0 Å². The lowest BCUT2D eigenvalue weighted by atomic mass is 9.96. The predicted octanol–water partition coefficient (Wildman–Crippen LogP) is 1.04. The van der Waals surface area contributed by atoms with Gasteiger partial charge in [0.15, 0.2) is 0 Å². The van der Waals surface area contributed by atoms with Crippen LogP contribution in [0, 0.1) is 5.92 Å². The van der Waals surface area contributed by atoms with E-state index in [-0.39, 0.29) is 11.9 Å². The second kappa shape index (κ2) is 4.30. The lowest BCUT2D eigenvalue weighted by Crippen LogP contribution is -2.57. The van der Waals surface area contributed by atoms with Crippen LogP contribution in [-0.2, 0) is 4.79 Å². The molecule has 2 N–H and O–H groups in total. The van der Waals surface area contributed by atoms with Crippen molar-refractivity contribution in [3.05, 3.63) is 0 Å². The molecule has 1 aliphatic carbocycles. The third-order valence-corrected chi connectivity index (χ3v) is 3.43. The number of carbonyl (C=O) groups excluding carboxylic acids is 1. The molecule has 3 heteroatoms. The Kier molecular flexibility index (Phi) is 3.06. The smallest absolute Gasteiger partial charge is 0.237 e. The van der Waals surface area contributed by atoms with Crippen LogP contribution in [0.2, 0.25) is 0 Å². The highest BCUT2D eigenvalue weighted by Crippen LogP contribution is 2.28. The highest BCUT2D eigenvalue weighted by atomic mass is 16.2. The van der Waals surface area contributed by atoms with Crippen LogP contribution < -0.4 is 10.6 Å². The Balaban J connectivity index is 1.85. The van der Waals surface area contributed by atoms with Gasteiger partial charge in [0.2, 0.25) is 5.91 Å². The van der Waals surface area contributed by atoms with Crippen molar-refractivity contribution in [3.8, 4) is 0 Å². The van der Waals surface area contributed by atoms with E-state index in [1.807, 2.05) is 0 Å². The second-order valence-electron chi connectivity index (χ2n) is 4.75. The maximum atomic E-state index is 11.6. The van der Waals surface area contributed by atoms with Crippen LogP contribution in [0.5, 0.6) is 0 Å². The lowest BCUT2D eigenvalue weighted by Gasteiger charge is -2.30. The van der Waals surface area contributed by atoms with Crippen molar-refractivity contribution in [1.82, 2.24) is 10.6 Å². The molecule has 1 heterocycles. The number of carbonyl (C=O) groups is 1. The summed E-state index contributed by atoms with van der Waals surface area (Å²) in [6, 6.07) is 0.501. The Morgan fingerprint density at radius 2 is 2.07 bits per heavy atom. The fraction of sp³-hybridized carbons (Fsp3) is 0.909. The summed E-state index contributed by atoms with van der Waals surface area (Å²) < 4.78 is 0. The Morgan fingerprint density at radius 3 is 2.79 bits per heavy atom. The molecule has 1 amide bonds. The van der Waals surface area contributed by atoms with Gasteiger partial charge in [-0.1, -0.05) is 25.7 Å². The molecule has 0 aromatic carbocycles. The number of rotatable bonds is 2. The van der Waals surface area contributed by atoms with E-state index in [0.29, 0.717) is 6.04 Å². The van der Waals surface area contributed by atoms with Gasteiger partial charge in [-0.15, -0.1) is 0 Å². The van der Waals surface area contributed by atoms with E-state index in [2.05, 4.69) is 17.6 Å². The molecule has 1 saturated heterocycles. The van der Waals surface area contributed by atoms with Gasteiger partial charge >= 0.3 is 0 Å². The standard InChI is InChI=1S/C11H20N2O/c1-8-7-12-11(14)10(13-8)6-9-4-2-3-5-9/h8-10,13H,2-7H2,1H3,(H,12,14). The van der Waals surface area contributed by atoms with Crippen LogP contribution in [-0.4, -0.2) is 24.5 Å². The van der Waals surface area contributed by atoms with Gasteiger partial charge in [-0.05, 0) is 19.3 Å². The molecule has 0 spiro atoms. The van der Waals surface area contributed by atoms with E-state index in [4.69, 9.17) is 0 Å². The molecule has 0 radical (unpaired) electrons. The average molecular weight is 196 g/mol. The molecule has 2 unspecified atom stereocenters. The summed E-state index contributed by atoms with van der Waals surface area (Å²) in [5.74, 6) is 0.985. The number of hydrogen-bond donors (Lipinski definition) is 2. The van der Waals surface area contributed by atoms with Gasteiger partial charge in [0.25, 0.3) is 0 Å². The summed E-state index contributed by atoms with van der Waals surface area (Å²) in [7, 11) is 0. The first-order valence-electron chi connectivity index (χ1n) is 5.79. The molecular weight excluding hydrogens is 176 g/mol. The third kappa shape index (κ3) is 2.27. The van der Waals surface area contributed by atoms with Crippen molar-refractivity contribution in [1.29, 1.82) is 0 Å². The molecule has 2 fully saturated rings. The quantitative estimate of drug-likeness (QED) is 0.693. The summed E-state index contributed by atoms with van der Waals surface area (Å²) in [5, 5.41) is 6.34. The van der Waals surface area contributed by atoms with E-state index in [0.717, 1.165) is 18.9 Å². The Labute approximate surface area is 85.6 Å². The molecule has 3 nitrogen and oxygen atoms in total. The SMILES string of the molecule is CC1CNC(=O)C(CC2CCCC2)N1. The van der Waals surface area contributed by atoms with Crippen LogP contribution in [0.25, 0.3) is 0 Å². The highest BCUT2D eigenvalue weighted by molar-refractivity contribution is 5.82. The van der Waals surface area contributed by atoms with Crippen LogP contribution in [0.15, 0.2) is 0 Å². The normalized spacial score (nSPS) is 34.5. The molecule has 2 aliphatic rings. The summed E-state index contributed by atoms with van der Waals surface area (Å²) in [6.45, 7) is 2.90. The molecule has 2 atom stereocenters. The van der Waals surface area contributed by atoms with E-state index >= 15 is 0 Å². The van der Waals surface area contributed by atoms with Gasteiger partial charge in [0.1, 0.15) is 0 Å². The molecule has 0 bridgehead atoms. The summed E-state index contributed by atoms with van der Waals surface area (Å²) >= 11 is 0. The van der Waals surface area contributed by atoms with Gasteiger partial charge in [0.05, 0.1) is 6.04 Å². The minimum Gasteiger partial charge on any atom is -0.353 e. The summed E-state index contributed by atoms with van der Waals surface area (Å²) in [4.78, 5) is 11.6. The Hall–Kier alpha value is -0.570. The predicted molar refractivity (Wildman–Crippen MR) is 56.0 cm³/mol. The van der Waals surface area contributed by atoms with Crippen molar-refractivity contribution >= 4 is 5.91 Å². The van der Waals surface area contributed by atoms with Crippen molar-refractivity contribution in [2.24, 2.45) is 5.92 Å². The van der Waals surface area contributed by atoms with Crippen LogP contribution >= 0.6 is 0 Å². The maximum Gasteiger partial charge on any atom is 0.237 e. The van der Waals surface area contributed by atoms with Crippen molar-refractivity contribution < 1.29 is 4.79 Å². The topological polar surface area (TPSA) is 41.1 Å². The summed E-state index contributed by atoms with van der Waals surface area (Å²) in [5.41, 5.74) is 0. The van der Waals surface area contributed by atoms with Crippen LogP contribution in [0.3, 0.4) is 0 Å². The second-order valence-corrected chi connectivity index (χ2v) is 4.75.